The third kappa shape index (κ3) is 3.24. The van der Waals surface area contributed by atoms with Gasteiger partial charge in [-0.1, -0.05) is 0 Å². The van der Waals surface area contributed by atoms with Crippen molar-refractivity contribution < 1.29 is 32.2 Å². The van der Waals surface area contributed by atoms with Gasteiger partial charge in [-0.2, -0.15) is 5.10 Å². The van der Waals surface area contributed by atoms with Gasteiger partial charge in [0, 0.05) is 18.9 Å². The molecule has 3 aliphatic heterocycles. The van der Waals surface area contributed by atoms with Gasteiger partial charge in [0.1, 0.15) is 11.5 Å². The summed E-state index contributed by atoms with van der Waals surface area (Å²) < 4.78 is 39.0. The van der Waals surface area contributed by atoms with Crippen LogP contribution < -0.4 is 14.2 Å². The van der Waals surface area contributed by atoms with Crippen molar-refractivity contribution in [2.45, 2.75) is 25.3 Å². The number of carbonyl (C=O) groups excluding carboxylic acids is 2. The number of rotatable bonds is 3. The van der Waals surface area contributed by atoms with E-state index in [9.17, 15) is 18.0 Å². The highest BCUT2D eigenvalue weighted by Crippen LogP contribution is 2.35. The number of ether oxygens (including phenoxy) is 3. The molecule has 26 heavy (non-hydrogen) atoms. The van der Waals surface area contributed by atoms with Gasteiger partial charge in [-0.3, -0.25) is 4.79 Å². The number of amides is 1. The molecule has 1 aromatic carbocycles. The van der Waals surface area contributed by atoms with Crippen LogP contribution >= 0.6 is 0 Å². The molecule has 138 valence electrons. The smallest absolute Gasteiger partial charge is 0.359 e. The van der Waals surface area contributed by atoms with Crippen molar-refractivity contribution >= 4 is 27.4 Å². The lowest BCUT2D eigenvalue weighted by Crippen LogP contribution is -2.42. The van der Waals surface area contributed by atoms with Crippen LogP contribution in [0, 0.1) is 0 Å². The molecular weight excluding hydrogens is 364 g/mol. The Morgan fingerprint density at radius 1 is 1.23 bits per heavy atom. The Balaban J connectivity index is 1.50. The van der Waals surface area contributed by atoms with Gasteiger partial charge in [0.2, 0.25) is 12.7 Å². The van der Waals surface area contributed by atoms with Crippen LogP contribution in [0.3, 0.4) is 0 Å². The van der Waals surface area contributed by atoms with Crippen LogP contribution in [0.4, 0.5) is 0 Å². The summed E-state index contributed by atoms with van der Waals surface area (Å²) in [6.45, 7) is 0.112. The molecule has 1 fully saturated rings. The minimum absolute atomic E-state index is 0.0218. The standard InChI is InChI=1S/C16H16N2O7S/c19-15-4-2-12(17-18(15)10-5-6-26(21,22)8-10)16(20)25-11-1-3-13-14(7-11)24-9-23-13/h1,3,7,10H,2,4-6,8-9H2/t10-/m1/s1. The number of hydrazone groups is 1. The van der Waals surface area contributed by atoms with E-state index in [0.29, 0.717) is 17.9 Å². The largest absolute Gasteiger partial charge is 0.454 e. The van der Waals surface area contributed by atoms with Crippen LogP contribution in [-0.4, -0.2) is 55.4 Å². The predicted octanol–water partition coefficient (Wildman–Crippen LogP) is 0.486. The molecule has 0 bridgehead atoms. The first kappa shape index (κ1) is 16.8. The summed E-state index contributed by atoms with van der Waals surface area (Å²) in [6.07, 6.45) is 0.561. The fourth-order valence-corrected chi connectivity index (χ4v) is 4.77. The summed E-state index contributed by atoms with van der Waals surface area (Å²) >= 11 is 0. The van der Waals surface area contributed by atoms with E-state index in [2.05, 4.69) is 5.10 Å². The summed E-state index contributed by atoms with van der Waals surface area (Å²) in [5.41, 5.74) is 0.0894. The fraction of sp³-hybridized carbons (Fsp3) is 0.438. The zero-order chi connectivity index (χ0) is 18.3. The molecule has 0 N–H and O–H groups in total. The fourth-order valence-electron chi connectivity index (χ4n) is 3.08. The molecule has 0 aliphatic carbocycles. The van der Waals surface area contributed by atoms with Crippen molar-refractivity contribution in [3.8, 4) is 17.2 Å². The second kappa shape index (κ2) is 6.27. The first-order valence-corrected chi connectivity index (χ1v) is 9.95. The second-order valence-electron chi connectivity index (χ2n) is 6.25. The molecule has 1 aromatic rings. The zero-order valence-electron chi connectivity index (χ0n) is 13.7. The molecule has 9 nitrogen and oxygen atoms in total. The number of carbonyl (C=O) groups is 2. The van der Waals surface area contributed by atoms with Crippen LogP contribution in [0.2, 0.25) is 0 Å². The van der Waals surface area contributed by atoms with E-state index in [0.717, 1.165) is 5.01 Å². The number of hydrogen-bond donors (Lipinski definition) is 0. The number of nitrogens with zero attached hydrogens (tertiary/aromatic N) is 2. The Morgan fingerprint density at radius 2 is 2.04 bits per heavy atom. The summed E-state index contributed by atoms with van der Waals surface area (Å²) in [5.74, 6) is 0.247. The minimum Gasteiger partial charge on any atom is -0.454 e. The molecule has 1 amide bonds. The molecule has 0 radical (unpaired) electrons. The monoisotopic (exact) mass is 380 g/mol. The number of sulfone groups is 1. The number of esters is 1. The maximum Gasteiger partial charge on any atom is 0.359 e. The zero-order valence-corrected chi connectivity index (χ0v) is 14.5. The van der Waals surface area contributed by atoms with Crippen LogP contribution in [-0.2, 0) is 19.4 Å². The van der Waals surface area contributed by atoms with E-state index >= 15 is 0 Å². The highest BCUT2D eigenvalue weighted by atomic mass is 32.2. The van der Waals surface area contributed by atoms with Gasteiger partial charge < -0.3 is 14.2 Å². The van der Waals surface area contributed by atoms with Gasteiger partial charge in [0.25, 0.3) is 0 Å². The average Bonchev–Trinajstić information content (AvgIpc) is 3.20. The molecule has 0 spiro atoms. The molecule has 0 saturated carbocycles. The first-order valence-electron chi connectivity index (χ1n) is 8.13. The maximum atomic E-state index is 12.4. The quantitative estimate of drug-likeness (QED) is 0.554. The molecule has 10 heteroatoms. The average molecular weight is 380 g/mol. The van der Waals surface area contributed by atoms with Crippen molar-refractivity contribution in [1.29, 1.82) is 0 Å². The Morgan fingerprint density at radius 3 is 2.81 bits per heavy atom. The van der Waals surface area contributed by atoms with Crippen LogP contribution in [0.25, 0.3) is 0 Å². The lowest BCUT2D eigenvalue weighted by atomic mass is 10.1. The molecule has 3 heterocycles. The Hall–Kier alpha value is -2.62. The van der Waals surface area contributed by atoms with E-state index in [-0.39, 0.29) is 48.5 Å². The van der Waals surface area contributed by atoms with Gasteiger partial charge in [0.15, 0.2) is 21.3 Å². The van der Waals surface area contributed by atoms with E-state index in [1.165, 1.54) is 6.07 Å². The van der Waals surface area contributed by atoms with Gasteiger partial charge in [-0.25, -0.2) is 18.2 Å². The van der Waals surface area contributed by atoms with Crippen molar-refractivity contribution in [1.82, 2.24) is 5.01 Å². The SMILES string of the molecule is O=C(Oc1ccc2c(c1)OCO2)C1=NN([C@@H]2CCS(=O)(=O)C2)C(=O)CC1. The summed E-state index contributed by atoms with van der Waals surface area (Å²) in [7, 11) is -3.17. The molecular formula is C16H16N2O7S. The number of hydrogen-bond acceptors (Lipinski definition) is 8. The van der Waals surface area contributed by atoms with Gasteiger partial charge in [-0.15, -0.1) is 0 Å². The van der Waals surface area contributed by atoms with Crippen molar-refractivity contribution in [3.63, 3.8) is 0 Å². The maximum absolute atomic E-state index is 12.4. The highest BCUT2D eigenvalue weighted by Gasteiger charge is 2.37. The molecule has 0 aromatic heterocycles. The second-order valence-corrected chi connectivity index (χ2v) is 8.48. The van der Waals surface area contributed by atoms with Gasteiger partial charge >= 0.3 is 5.97 Å². The third-order valence-corrected chi connectivity index (χ3v) is 6.15. The van der Waals surface area contributed by atoms with Crippen LogP contribution in [0.5, 0.6) is 17.2 Å². The Bertz CT molecular complexity index is 909. The van der Waals surface area contributed by atoms with Crippen LogP contribution in [0.1, 0.15) is 19.3 Å². The number of benzene rings is 1. The first-order chi connectivity index (χ1) is 12.4. The van der Waals surface area contributed by atoms with Crippen molar-refractivity contribution in [2.24, 2.45) is 5.10 Å². The molecule has 4 rings (SSSR count). The van der Waals surface area contributed by atoms with Gasteiger partial charge in [0.05, 0.1) is 17.5 Å². The van der Waals surface area contributed by atoms with Crippen molar-refractivity contribution in [2.75, 3.05) is 18.3 Å². The van der Waals surface area contributed by atoms with E-state index in [1.54, 1.807) is 12.1 Å². The lowest BCUT2D eigenvalue weighted by Gasteiger charge is -2.27. The van der Waals surface area contributed by atoms with E-state index < -0.39 is 21.8 Å². The molecule has 3 aliphatic rings. The summed E-state index contributed by atoms with van der Waals surface area (Å²) in [6, 6.07) is 4.21. The van der Waals surface area contributed by atoms with Gasteiger partial charge in [-0.05, 0) is 18.6 Å². The van der Waals surface area contributed by atoms with E-state index in [4.69, 9.17) is 14.2 Å². The normalized spacial score (nSPS) is 23.7. The number of fused-ring (bicyclic) bond motifs is 1. The summed E-state index contributed by atoms with van der Waals surface area (Å²) in [5, 5.41) is 5.21. The van der Waals surface area contributed by atoms with Crippen molar-refractivity contribution in [3.05, 3.63) is 18.2 Å². The molecule has 0 unspecified atom stereocenters. The highest BCUT2D eigenvalue weighted by molar-refractivity contribution is 7.91. The minimum atomic E-state index is -3.17. The third-order valence-electron chi connectivity index (χ3n) is 4.40. The summed E-state index contributed by atoms with van der Waals surface area (Å²) in [4.78, 5) is 24.5. The molecule has 1 saturated heterocycles. The molecule has 1 atom stereocenters. The Kier molecular flexibility index (Phi) is 4.06. The predicted molar refractivity (Wildman–Crippen MR) is 88.8 cm³/mol. The Labute approximate surface area is 149 Å². The topological polar surface area (TPSA) is 112 Å². The lowest BCUT2D eigenvalue weighted by molar-refractivity contribution is -0.134. The van der Waals surface area contributed by atoms with E-state index in [1.807, 2.05) is 0 Å². The van der Waals surface area contributed by atoms with Crippen LogP contribution in [0.15, 0.2) is 23.3 Å².